The van der Waals surface area contributed by atoms with Crippen LogP contribution in [0.4, 0.5) is 5.69 Å². The minimum atomic E-state index is -0.928. The zero-order valence-electron chi connectivity index (χ0n) is 19.3. The molecule has 176 valence electrons. The van der Waals surface area contributed by atoms with Gasteiger partial charge in [0, 0.05) is 18.5 Å². The third-order valence-electron chi connectivity index (χ3n) is 6.04. The molecule has 2 aromatic rings. The van der Waals surface area contributed by atoms with Crippen molar-refractivity contribution < 1.29 is 19.3 Å². The Morgan fingerprint density at radius 3 is 2.64 bits per heavy atom. The number of aliphatic hydroxyl groups excluding tert-OH is 1. The standard InChI is InChI=1S/C24H29ClN4O4/c1-15-20(31-18-7-6-16(26-5)12-17(18)25)27-14-28-21(15)32-19-8-11-29(13-24(19)9-10-24)22(30)33-23(2,3)4/h6-7,12,14,19,22,30H,8-11,13H2,1-4H3. The van der Waals surface area contributed by atoms with Gasteiger partial charge in [0.2, 0.25) is 18.2 Å². The topological polar surface area (TPSA) is 81.3 Å². The Balaban J connectivity index is 1.46. The van der Waals surface area contributed by atoms with Gasteiger partial charge in [-0.25, -0.2) is 14.8 Å². The van der Waals surface area contributed by atoms with Gasteiger partial charge in [0.25, 0.3) is 0 Å². The second-order valence-electron chi connectivity index (χ2n) is 9.72. The molecule has 1 saturated heterocycles. The fourth-order valence-electron chi connectivity index (χ4n) is 4.10. The van der Waals surface area contributed by atoms with E-state index in [4.69, 9.17) is 32.4 Å². The zero-order valence-corrected chi connectivity index (χ0v) is 20.1. The second-order valence-corrected chi connectivity index (χ2v) is 10.1. The SMILES string of the molecule is [C-]#[N+]c1ccc(Oc2ncnc(OC3CCN(C(O)OC(C)(C)C)CC34CC4)c2C)c(Cl)c1. The van der Waals surface area contributed by atoms with Crippen LogP contribution in [0.3, 0.4) is 0 Å². The van der Waals surface area contributed by atoms with Crippen molar-refractivity contribution in [1.82, 2.24) is 14.9 Å². The van der Waals surface area contributed by atoms with Crippen LogP contribution in [-0.2, 0) is 4.74 Å². The maximum Gasteiger partial charge on any atom is 0.229 e. The molecule has 1 spiro atoms. The van der Waals surface area contributed by atoms with Gasteiger partial charge in [-0.2, -0.15) is 0 Å². The Labute approximate surface area is 199 Å². The van der Waals surface area contributed by atoms with Gasteiger partial charge in [-0.15, -0.1) is 0 Å². The first kappa shape index (κ1) is 23.7. The molecule has 2 aliphatic rings. The lowest BCUT2D eigenvalue weighted by Gasteiger charge is -2.41. The minimum absolute atomic E-state index is 0.0152. The van der Waals surface area contributed by atoms with Gasteiger partial charge < -0.3 is 19.3 Å². The van der Waals surface area contributed by atoms with Crippen molar-refractivity contribution >= 4 is 17.3 Å². The van der Waals surface area contributed by atoms with Crippen LogP contribution in [0, 0.1) is 18.9 Å². The van der Waals surface area contributed by atoms with E-state index in [1.165, 1.54) is 6.33 Å². The van der Waals surface area contributed by atoms with Gasteiger partial charge >= 0.3 is 0 Å². The lowest BCUT2D eigenvalue weighted by Crippen LogP contribution is -2.52. The van der Waals surface area contributed by atoms with Crippen molar-refractivity contribution in [3.05, 3.63) is 46.5 Å². The average Bonchev–Trinajstić information content (AvgIpc) is 3.52. The summed E-state index contributed by atoms with van der Waals surface area (Å²) in [5.41, 5.74) is 0.682. The number of likely N-dealkylation sites (tertiary alicyclic amines) is 1. The van der Waals surface area contributed by atoms with Crippen LogP contribution in [0.1, 0.15) is 45.6 Å². The summed E-state index contributed by atoms with van der Waals surface area (Å²) in [6.07, 6.45) is 3.30. The molecule has 1 saturated carbocycles. The van der Waals surface area contributed by atoms with Crippen molar-refractivity contribution in [3.8, 4) is 17.5 Å². The van der Waals surface area contributed by atoms with E-state index in [9.17, 15) is 5.11 Å². The first-order chi connectivity index (χ1) is 15.6. The summed E-state index contributed by atoms with van der Waals surface area (Å²) in [4.78, 5) is 13.9. The van der Waals surface area contributed by atoms with Crippen molar-refractivity contribution in [2.45, 2.75) is 65.1 Å². The highest BCUT2D eigenvalue weighted by Gasteiger charge is 2.55. The molecule has 4 rings (SSSR count). The van der Waals surface area contributed by atoms with Crippen LogP contribution >= 0.6 is 11.6 Å². The van der Waals surface area contributed by atoms with Gasteiger partial charge in [0.15, 0.2) is 5.69 Å². The summed E-state index contributed by atoms with van der Waals surface area (Å²) in [6, 6.07) is 4.85. The number of aromatic nitrogens is 2. The maximum atomic E-state index is 10.5. The number of hydrogen-bond donors (Lipinski definition) is 1. The normalized spacial score (nSPS) is 20.8. The Morgan fingerprint density at radius 1 is 1.27 bits per heavy atom. The van der Waals surface area contributed by atoms with E-state index >= 15 is 0 Å². The van der Waals surface area contributed by atoms with Gasteiger partial charge in [-0.05, 0) is 59.1 Å². The fourth-order valence-corrected chi connectivity index (χ4v) is 4.31. The van der Waals surface area contributed by atoms with Crippen LogP contribution in [-0.4, -0.2) is 51.2 Å². The zero-order chi connectivity index (χ0) is 23.8. The average molecular weight is 473 g/mol. The second kappa shape index (κ2) is 9.07. The molecule has 2 atom stereocenters. The predicted octanol–water partition coefficient (Wildman–Crippen LogP) is 5.11. The molecule has 0 radical (unpaired) electrons. The number of ether oxygens (including phenoxy) is 3. The van der Waals surface area contributed by atoms with E-state index in [0.717, 1.165) is 19.3 Å². The summed E-state index contributed by atoms with van der Waals surface area (Å²) < 4.78 is 18.0. The molecule has 1 aromatic heterocycles. The lowest BCUT2D eigenvalue weighted by molar-refractivity contribution is -0.250. The van der Waals surface area contributed by atoms with E-state index in [-0.39, 0.29) is 11.5 Å². The number of nitrogens with zero attached hydrogens (tertiary/aromatic N) is 4. The molecule has 2 unspecified atom stereocenters. The van der Waals surface area contributed by atoms with Crippen LogP contribution in [0.25, 0.3) is 4.85 Å². The van der Waals surface area contributed by atoms with Crippen LogP contribution in [0.5, 0.6) is 17.5 Å². The highest BCUT2D eigenvalue weighted by atomic mass is 35.5. The predicted molar refractivity (Wildman–Crippen MR) is 124 cm³/mol. The van der Waals surface area contributed by atoms with Crippen LogP contribution < -0.4 is 9.47 Å². The molecule has 2 fully saturated rings. The van der Waals surface area contributed by atoms with Crippen LogP contribution in [0.2, 0.25) is 5.02 Å². The molecule has 33 heavy (non-hydrogen) atoms. The number of hydrogen-bond acceptors (Lipinski definition) is 7. The molecule has 1 N–H and O–H groups in total. The largest absolute Gasteiger partial charge is 0.473 e. The number of piperidine rings is 1. The molecule has 2 heterocycles. The summed E-state index contributed by atoms with van der Waals surface area (Å²) in [6.45, 7) is 16.1. The third kappa shape index (κ3) is 5.39. The molecular weight excluding hydrogens is 444 g/mol. The fraction of sp³-hybridized carbons (Fsp3) is 0.542. The lowest BCUT2D eigenvalue weighted by atomic mass is 9.91. The first-order valence-corrected chi connectivity index (χ1v) is 11.4. The molecule has 1 aromatic carbocycles. The van der Waals surface area contributed by atoms with E-state index in [0.29, 0.717) is 46.9 Å². The molecule has 1 aliphatic carbocycles. The summed E-state index contributed by atoms with van der Waals surface area (Å²) in [7, 11) is 0. The van der Waals surface area contributed by atoms with Gasteiger partial charge in [-0.3, -0.25) is 4.90 Å². The van der Waals surface area contributed by atoms with Crippen molar-refractivity contribution in [2.75, 3.05) is 13.1 Å². The quantitative estimate of drug-likeness (QED) is 0.462. The highest BCUT2D eigenvalue weighted by molar-refractivity contribution is 6.32. The van der Waals surface area contributed by atoms with Crippen molar-refractivity contribution in [1.29, 1.82) is 0 Å². The van der Waals surface area contributed by atoms with Gasteiger partial charge in [0.05, 0.1) is 22.8 Å². The van der Waals surface area contributed by atoms with Gasteiger partial charge in [0.1, 0.15) is 18.2 Å². The molecule has 0 amide bonds. The first-order valence-electron chi connectivity index (χ1n) is 11.0. The molecule has 8 nitrogen and oxygen atoms in total. The summed E-state index contributed by atoms with van der Waals surface area (Å²) >= 11 is 6.25. The molecule has 9 heteroatoms. The number of benzene rings is 1. The van der Waals surface area contributed by atoms with E-state index in [1.807, 2.05) is 32.6 Å². The monoisotopic (exact) mass is 472 g/mol. The van der Waals surface area contributed by atoms with E-state index in [1.54, 1.807) is 18.2 Å². The van der Waals surface area contributed by atoms with Crippen molar-refractivity contribution in [2.24, 2.45) is 5.41 Å². The van der Waals surface area contributed by atoms with E-state index in [2.05, 4.69) is 14.8 Å². The number of rotatable bonds is 6. The van der Waals surface area contributed by atoms with E-state index < -0.39 is 12.0 Å². The highest BCUT2D eigenvalue weighted by Crippen LogP contribution is 2.54. The van der Waals surface area contributed by atoms with Crippen LogP contribution in [0.15, 0.2) is 24.5 Å². The Morgan fingerprint density at radius 2 is 2.00 bits per heavy atom. The summed E-state index contributed by atoms with van der Waals surface area (Å²) in [5, 5.41) is 10.9. The Kier molecular flexibility index (Phi) is 6.52. The Hall–Kier alpha value is -2.44. The number of aliphatic hydroxyl groups is 1. The van der Waals surface area contributed by atoms with Gasteiger partial charge in [-0.1, -0.05) is 17.7 Å². The molecular formula is C24H29ClN4O4. The maximum absolute atomic E-state index is 10.5. The number of halogens is 1. The molecule has 1 aliphatic heterocycles. The Bertz CT molecular complexity index is 1060. The molecule has 0 bridgehead atoms. The van der Waals surface area contributed by atoms with Crippen molar-refractivity contribution in [3.63, 3.8) is 0 Å². The summed E-state index contributed by atoms with van der Waals surface area (Å²) in [5.74, 6) is 1.25. The smallest absolute Gasteiger partial charge is 0.229 e. The minimum Gasteiger partial charge on any atom is -0.473 e. The third-order valence-corrected chi connectivity index (χ3v) is 6.34.